The van der Waals surface area contributed by atoms with Crippen LogP contribution in [0.3, 0.4) is 0 Å². The smallest absolute Gasteiger partial charge is 0.253 e. The van der Waals surface area contributed by atoms with Crippen LogP contribution < -0.4 is 0 Å². The van der Waals surface area contributed by atoms with Gasteiger partial charge in [-0.15, -0.1) is 23.2 Å². The van der Waals surface area contributed by atoms with Gasteiger partial charge in [-0.1, -0.05) is 23.3 Å². The molecular weight excluding hydrogens is 479 g/mol. The molecule has 0 bridgehead atoms. The molecule has 4 aliphatic rings. The summed E-state index contributed by atoms with van der Waals surface area (Å²) in [6, 6.07) is 4.36. The summed E-state index contributed by atoms with van der Waals surface area (Å²) in [7, 11) is 2.75. The number of phenols is 1. The standard InChI is InChI=1S/C22H19Cl3N2O5/c1-26-17(29)11-5-4-10-13(15(11)18(26)30)8-21(24)19(31)27(2)20(32)22(21,25)16(10)12-7-9(23)3-6-14(12)28/h3-4,6-7,11,13,15-16,28H,5,8H2,1-2H3/t11-,13+,15-,16+,21+,22-/m0/s1. The summed E-state index contributed by atoms with van der Waals surface area (Å²) in [6.07, 6.45) is 2.01. The van der Waals surface area contributed by atoms with Crippen LogP contribution in [0.4, 0.5) is 0 Å². The number of fused-ring (bicyclic) bond motifs is 4. The van der Waals surface area contributed by atoms with Gasteiger partial charge in [0.1, 0.15) is 5.75 Å². The van der Waals surface area contributed by atoms with Gasteiger partial charge in [-0.2, -0.15) is 0 Å². The summed E-state index contributed by atoms with van der Waals surface area (Å²) in [5.41, 5.74) is 0.858. The third kappa shape index (κ3) is 2.39. The van der Waals surface area contributed by atoms with Crippen LogP contribution >= 0.6 is 34.8 Å². The number of allylic oxidation sites excluding steroid dienone is 2. The Morgan fingerprint density at radius 1 is 1.00 bits per heavy atom. The summed E-state index contributed by atoms with van der Waals surface area (Å²) in [5.74, 6) is -5.06. The molecule has 5 rings (SSSR count). The van der Waals surface area contributed by atoms with Crippen molar-refractivity contribution in [3.63, 3.8) is 0 Å². The average molecular weight is 498 g/mol. The minimum absolute atomic E-state index is 0.0787. The van der Waals surface area contributed by atoms with Gasteiger partial charge in [0.25, 0.3) is 11.8 Å². The highest BCUT2D eigenvalue weighted by atomic mass is 35.5. The molecule has 0 unspecified atom stereocenters. The summed E-state index contributed by atoms with van der Waals surface area (Å²) < 4.78 is 0. The number of carbonyl (C=O) groups excluding carboxylic acids is 4. The third-order valence-electron chi connectivity index (χ3n) is 7.54. The Hall–Kier alpha value is -2.09. The number of amides is 4. The molecule has 2 saturated heterocycles. The van der Waals surface area contributed by atoms with Gasteiger partial charge in [-0.25, -0.2) is 0 Å². The first-order valence-electron chi connectivity index (χ1n) is 10.1. The van der Waals surface area contributed by atoms with E-state index in [0.717, 1.165) is 9.80 Å². The van der Waals surface area contributed by atoms with Crippen molar-refractivity contribution in [3.8, 4) is 5.75 Å². The van der Waals surface area contributed by atoms with Crippen LogP contribution in [-0.4, -0.2) is 62.4 Å². The lowest BCUT2D eigenvalue weighted by Crippen LogP contribution is -2.60. The number of halogens is 3. The van der Waals surface area contributed by atoms with Crippen molar-refractivity contribution in [1.29, 1.82) is 0 Å². The third-order valence-corrected chi connectivity index (χ3v) is 9.18. The van der Waals surface area contributed by atoms with E-state index in [1.807, 2.05) is 0 Å². The first-order valence-corrected chi connectivity index (χ1v) is 11.3. The highest BCUT2D eigenvalue weighted by molar-refractivity contribution is 6.53. The lowest BCUT2D eigenvalue weighted by Gasteiger charge is -2.50. The van der Waals surface area contributed by atoms with Gasteiger partial charge in [-0.05, 0) is 37.0 Å². The van der Waals surface area contributed by atoms with Gasteiger partial charge < -0.3 is 5.11 Å². The minimum atomic E-state index is -1.94. The maximum atomic E-state index is 13.3. The lowest BCUT2D eigenvalue weighted by molar-refractivity contribution is -0.140. The van der Waals surface area contributed by atoms with Crippen LogP contribution in [0.2, 0.25) is 5.02 Å². The van der Waals surface area contributed by atoms with E-state index in [1.54, 1.807) is 6.08 Å². The zero-order chi connectivity index (χ0) is 23.3. The van der Waals surface area contributed by atoms with E-state index in [4.69, 9.17) is 34.8 Å². The average Bonchev–Trinajstić information content (AvgIpc) is 3.05. The molecular formula is C22H19Cl3N2O5. The van der Waals surface area contributed by atoms with E-state index in [-0.39, 0.29) is 36.0 Å². The molecule has 2 heterocycles. The van der Waals surface area contributed by atoms with Gasteiger partial charge in [0.05, 0.1) is 11.8 Å². The molecule has 1 saturated carbocycles. The number of aromatic hydroxyl groups is 1. The van der Waals surface area contributed by atoms with Crippen LogP contribution in [0, 0.1) is 17.8 Å². The number of hydrogen-bond donors (Lipinski definition) is 1. The van der Waals surface area contributed by atoms with E-state index >= 15 is 0 Å². The normalized spacial score (nSPS) is 38.6. The molecule has 6 atom stereocenters. The highest BCUT2D eigenvalue weighted by Crippen LogP contribution is 2.65. The Morgan fingerprint density at radius 2 is 1.69 bits per heavy atom. The molecule has 3 fully saturated rings. The fourth-order valence-corrected chi connectivity index (χ4v) is 7.20. The summed E-state index contributed by atoms with van der Waals surface area (Å²) >= 11 is 20.2. The van der Waals surface area contributed by atoms with Gasteiger partial charge in [0.15, 0.2) is 9.75 Å². The molecule has 1 aromatic carbocycles. The van der Waals surface area contributed by atoms with Crippen molar-refractivity contribution in [2.24, 2.45) is 17.8 Å². The first-order chi connectivity index (χ1) is 14.9. The fourth-order valence-electron chi connectivity index (χ4n) is 6.00. The van der Waals surface area contributed by atoms with Crippen molar-refractivity contribution in [2.75, 3.05) is 14.1 Å². The molecule has 7 nitrogen and oxygen atoms in total. The van der Waals surface area contributed by atoms with Crippen LogP contribution in [0.15, 0.2) is 29.8 Å². The predicted molar refractivity (Wildman–Crippen MR) is 116 cm³/mol. The second kappa shape index (κ2) is 6.72. The largest absolute Gasteiger partial charge is 0.508 e. The number of imide groups is 2. The van der Waals surface area contributed by atoms with Crippen molar-refractivity contribution < 1.29 is 24.3 Å². The summed E-state index contributed by atoms with van der Waals surface area (Å²) in [6.45, 7) is 0. The Labute approximate surface area is 198 Å². The molecule has 1 N–H and O–H groups in total. The second-order valence-corrected chi connectivity index (χ2v) is 10.6. The number of carbonyl (C=O) groups is 4. The number of alkyl halides is 2. The van der Waals surface area contributed by atoms with Crippen LogP contribution in [0.1, 0.15) is 24.3 Å². The molecule has 168 valence electrons. The van der Waals surface area contributed by atoms with E-state index in [2.05, 4.69) is 0 Å². The van der Waals surface area contributed by atoms with Crippen LogP contribution in [0.25, 0.3) is 0 Å². The summed E-state index contributed by atoms with van der Waals surface area (Å²) in [4.78, 5) is 50.4. The monoisotopic (exact) mass is 496 g/mol. The molecule has 0 aromatic heterocycles. The SMILES string of the molecule is CN1C(=O)[C@H]2[C@H](CC=C3[C@H]2C[C@@]2(Cl)C(=O)N(C)C(=O)[C@@]2(Cl)[C@H]3c2cc(Cl)ccc2O)C1=O. The summed E-state index contributed by atoms with van der Waals surface area (Å²) in [5, 5.41) is 11.0. The van der Waals surface area contributed by atoms with E-state index < -0.39 is 45.2 Å². The lowest BCUT2D eigenvalue weighted by atomic mass is 9.56. The van der Waals surface area contributed by atoms with Crippen molar-refractivity contribution in [3.05, 3.63) is 40.4 Å². The van der Waals surface area contributed by atoms with Gasteiger partial charge in [0, 0.05) is 30.6 Å². The molecule has 0 spiro atoms. The van der Waals surface area contributed by atoms with E-state index in [0.29, 0.717) is 10.6 Å². The predicted octanol–water partition coefficient (Wildman–Crippen LogP) is 2.66. The van der Waals surface area contributed by atoms with Gasteiger partial charge >= 0.3 is 0 Å². The molecule has 2 aliphatic carbocycles. The zero-order valence-electron chi connectivity index (χ0n) is 17.1. The van der Waals surface area contributed by atoms with Crippen LogP contribution in [-0.2, 0) is 19.2 Å². The van der Waals surface area contributed by atoms with Gasteiger partial charge in [0.2, 0.25) is 11.8 Å². The number of likely N-dealkylation sites (tertiary alicyclic amines) is 2. The quantitative estimate of drug-likeness (QED) is 0.366. The molecule has 32 heavy (non-hydrogen) atoms. The zero-order valence-corrected chi connectivity index (χ0v) is 19.4. The Balaban J connectivity index is 1.78. The Kier molecular flexibility index (Phi) is 4.56. The van der Waals surface area contributed by atoms with Crippen molar-refractivity contribution in [1.82, 2.24) is 9.80 Å². The Bertz CT molecular complexity index is 1150. The number of benzene rings is 1. The molecule has 4 amide bonds. The molecule has 0 radical (unpaired) electrons. The minimum Gasteiger partial charge on any atom is -0.508 e. The number of rotatable bonds is 1. The molecule has 10 heteroatoms. The number of hydrogen-bond acceptors (Lipinski definition) is 5. The number of nitrogens with zero attached hydrogens (tertiary/aromatic N) is 2. The first kappa shape index (κ1) is 21.7. The Morgan fingerprint density at radius 3 is 2.38 bits per heavy atom. The molecule has 1 aromatic rings. The van der Waals surface area contributed by atoms with E-state index in [1.165, 1.54) is 32.3 Å². The van der Waals surface area contributed by atoms with E-state index in [9.17, 15) is 24.3 Å². The second-order valence-electron chi connectivity index (χ2n) is 8.94. The topological polar surface area (TPSA) is 95.0 Å². The number of phenolic OH excluding ortho intramolecular Hbond substituents is 1. The van der Waals surface area contributed by atoms with Gasteiger partial charge in [-0.3, -0.25) is 29.0 Å². The maximum Gasteiger partial charge on any atom is 0.253 e. The fraction of sp³-hybridized carbons (Fsp3) is 0.455. The van der Waals surface area contributed by atoms with Crippen LogP contribution in [0.5, 0.6) is 5.75 Å². The molecule has 2 aliphatic heterocycles. The van der Waals surface area contributed by atoms with Crippen molar-refractivity contribution in [2.45, 2.75) is 28.5 Å². The highest BCUT2D eigenvalue weighted by Gasteiger charge is 2.76. The van der Waals surface area contributed by atoms with Crippen molar-refractivity contribution >= 4 is 58.4 Å². The maximum absolute atomic E-state index is 13.3.